The lowest BCUT2D eigenvalue weighted by atomic mass is 10.0. The molecule has 32 heavy (non-hydrogen) atoms. The molecule has 10 heteroatoms. The highest BCUT2D eigenvalue weighted by Crippen LogP contribution is 2.36. The lowest BCUT2D eigenvalue weighted by Gasteiger charge is -2.25. The monoisotopic (exact) mass is 442 g/mol. The van der Waals surface area contributed by atoms with Crippen molar-refractivity contribution in [3.8, 4) is 0 Å². The zero-order valence-corrected chi connectivity index (χ0v) is 17.6. The Hall–Kier alpha value is -3.01. The molecule has 8 nitrogen and oxygen atoms in total. The van der Waals surface area contributed by atoms with Crippen LogP contribution in [0.1, 0.15) is 47.7 Å². The standard InChI is InChI=1S/C22H24F2N6O2/c1-11-2-12(7-25-6-11)17-4-14(24)9-30(17)22(32)20-19-16(8-26-20)27-10-28-21(19)29-15-3-13(23)5-18(15)31/h2,6-7,10,13-15,17-18,31H,3-5,8-9H2,1H3,(H,27,28,29)/t13-,14-,15-,17+,18-/m0/s1. The zero-order chi connectivity index (χ0) is 22.4. The number of aromatic nitrogens is 3. The maximum Gasteiger partial charge on any atom is 0.273 e. The maximum absolute atomic E-state index is 14.4. The van der Waals surface area contributed by atoms with Crippen LogP contribution in [0.25, 0.3) is 0 Å². The van der Waals surface area contributed by atoms with E-state index in [4.69, 9.17) is 0 Å². The second-order valence-corrected chi connectivity index (χ2v) is 8.70. The minimum Gasteiger partial charge on any atom is -0.391 e. The number of rotatable bonds is 4. The van der Waals surface area contributed by atoms with Crippen molar-refractivity contribution in [2.75, 3.05) is 11.9 Å². The molecule has 2 N–H and O–H groups in total. The lowest BCUT2D eigenvalue weighted by molar-refractivity contribution is -0.125. The van der Waals surface area contributed by atoms with Gasteiger partial charge in [-0.25, -0.2) is 18.7 Å². The molecule has 3 aliphatic rings. The van der Waals surface area contributed by atoms with Crippen LogP contribution in [-0.2, 0) is 11.3 Å². The summed E-state index contributed by atoms with van der Waals surface area (Å²) in [6.07, 6.45) is 2.03. The van der Waals surface area contributed by atoms with Crippen LogP contribution in [-0.4, -0.2) is 67.6 Å². The van der Waals surface area contributed by atoms with Crippen LogP contribution in [0.5, 0.6) is 0 Å². The number of amides is 1. The zero-order valence-electron chi connectivity index (χ0n) is 17.6. The van der Waals surface area contributed by atoms with Crippen LogP contribution < -0.4 is 5.32 Å². The van der Waals surface area contributed by atoms with Gasteiger partial charge in [0.25, 0.3) is 5.91 Å². The molecule has 0 unspecified atom stereocenters. The Balaban J connectivity index is 1.44. The van der Waals surface area contributed by atoms with Crippen molar-refractivity contribution < 1.29 is 18.7 Å². The molecule has 0 bridgehead atoms. The van der Waals surface area contributed by atoms with Crippen molar-refractivity contribution in [1.82, 2.24) is 19.9 Å². The summed E-state index contributed by atoms with van der Waals surface area (Å²) in [5, 5.41) is 13.2. The number of alkyl halides is 2. The maximum atomic E-state index is 14.4. The fourth-order valence-electron chi connectivity index (χ4n) is 4.82. The summed E-state index contributed by atoms with van der Waals surface area (Å²) in [5.41, 5.74) is 2.88. The van der Waals surface area contributed by atoms with E-state index in [1.54, 1.807) is 12.4 Å². The quantitative estimate of drug-likeness (QED) is 0.752. The van der Waals surface area contributed by atoms with Crippen LogP contribution >= 0.6 is 0 Å². The molecule has 168 valence electrons. The summed E-state index contributed by atoms with van der Waals surface area (Å²) < 4.78 is 28.1. The number of aliphatic hydroxyl groups excluding tert-OH is 1. The minimum atomic E-state index is -1.15. The number of aliphatic imine (C=N–C) groups is 1. The predicted octanol–water partition coefficient (Wildman–Crippen LogP) is 2.07. The van der Waals surface area contributed by atoms with Gasteiger partial charge in [0.05, 0.1) is 42.5 Å². The molecule has 2 aliphatic heterocycles. The van der Waals surface area contributed by atoms with Crippen molar-refractivity contribution in [3.05, 3.63) is 47.2 Å². The molecule has 1 amide bonds. The van der Waals surface area contributed by atoms with E-state index in [0.29, 0.717) is 17.1 Å². The number of halogens is 2. The third kappa shape index (κ3) is 3.72. The van der Waals surface area contributed by atoms with E-state index in [9.17, 15) is 18.7 Å². The van der Waals surface area contributed by atoms with Gasteiger partial charge in [-0.1, -0.05) is 6.07 Å². The summed E-state index contributed by atoms with van der Waals surface area (Å²) >= 11 is 0. The molecular weight excluding hydrogens is 418 g/mol. The van der Waals surface area contributed by atoms with E-state index in [-0.39, 0.29) is 38.1 Å². The Morgan fingerprint density at radius 1 is 1.19 bits per heavy atom. The molecule has 5 atom stereocenters. The van der Waals surface area contributed by atoms with E-state index in [1.807, 2.05) is 13.0 Å². The number of anilines is 1. The first kappa shape index (κ1) is 20.9. The summed E-state index contributed by atoms with van der Waals surface area (Å²) in [6.45, 7) is 2.07. The van der Waals surface area contributed by atoms with Crippen molar-refractivity contribution in [1.29, 1.82) is 0 Å². The molecule has 5 rings (SSSR count). The highest BCUT2D eigenvalue weighted by molar-refractivity contribution is 6.47. The van der Waals surface area contributed by atoms with E-state index < -0.39 is 36.4 Å². The van der Waals surface area contributed by atoms with Gasteiger partial charge in [0.2, 0.25) is 0 Å². The number of carbonyl (C=O) groups excluding carboxylic acids is 1. The number of aryl methyl sites for hydroxylation is 1. The third-order valence-corrected chi connectivity index (χ3v) is 6.34. The molecule has 2 aromatic heterocycles. The highest BCUT2D eigenvalue weighted by atomic mass is 19.1. The van der Waals surface area contributed by atoms with Crippen molar-refractivity contribution >= 4 is 17.4 Å². The average Bonchev–Trinajstić information content (AvgIpc) is 3.45. The van der Waals surface area contributed by atoms with Crippen molar-refractivity contribution in [3.63, 3.8) is 0 Å². The van der Waals surface area contributed by atoms with Crippen LogP contribution in [0.3, 0.4) is 0 Å². The molecule has 0 spiro atoms. The number of fused-ring (bicyclic) bond motifs is 1. The van der Waals surface area contributed by atoms with Gasteiger partial charge in [-0.05, 0) is 18.1 Å². The number of carbonyl (C=O) groups is 1. The van der Waals surface area contributed by atoms with E-state index in [1.165, 1.54) is 11.2 Å². The van der Waals surface area contributed by atoms with Crippen molar-refractivity contribution in [2.24, 2.45) is 4.99 Å². The molecule has 0 radical (unpaired) electrons. The normalized spacial score (nSPS) is 29.2. The molecule has 4 heterocycles. The molecule has 1 aliphatic carbocycles. The second-order valence-electron chi connectivity index (χ2n) is 8.70. The molecule has 1 saturated heterocycles. The summed E-state index contributed by atoms with van der Waals surface area (Å²) in [5.74, 6) is -0.0638. The molecular formula is C22H24F2N6O2. The number of hydrogen-bond donors (Lipinski definition) is 2. The lowest BCUT2D eigenvalue weighted by Crippen LogP contribution is -2.37. The summed E-state index contributed by atoms with van der Waals surface area (Å²) in [6, 6.07) is 0.946. The van der Waals surface area contributed by atoms with Gasteiger partial charge in [0, 0.05) is 31.7 Å². The number of hydrogen-bond acceptors (Lipinski definition) is 7. The number of pyridine rings is 1. The average molecular weight is 442 g/mol. The van der Waals surface area contributed by atoms with Crippen LogP contribution in [0.2, 0.25) is 0 Å². The first-order valence-corrected chi connectivity index (χ1v) is 10.7. The fraction of sp³-hybridized carbons (Fsp3) is 0.500. The van der Waals surface area contributed by atoms with Crippen molar-refractivity contribution in [2.45, 2.75) is 63.3 Å². The van der Waals surface area contributed by atoms with Gasteiger partial charge in [-0.2, -0.15) is 0 Å². The topological polar surface area (TPSA) is 104 Å². The Bertz CT molecular complexity index is 1080. The van der Waals surface area contributed by atoms with E-state index in [0.717, 1.165) is 11.1 Å². The predicted molar refractivity (Wildman–Crippen MR) is 113 cm³/mol. The third-order valence-electron chi connectivity index (χ3n) is 6.34. The van der Waals surface area contributed by atoms with Crippen LogP contribution in [0.4, 0.5) is 14.6 Å². The largest absolute Gasteiger partial charge is 0.391 e. The fourth-order valence-corrected chi connectivity index (χ4v) is 4.82. The van der Waals surface area contributed by atoms with Crippen LogP contribution in [0, 0.1) is 6.92 Å². The highest BCUT2D eigenvalue weighted by Gasteiger charge is 2.41. The summed E-state index contributed by atoms with van der Waals surface area (Å²) in [7, 11) is 0. The molecule has 1 saturated carbocycles. The first-order chi connectivity index (χ1) is 15.4. The SMILES string of the molecule is Cc1cncc([C@H]2C[C@H](F)CN2C(=O)C2=NCc3ncnc(N[C@H]4C[C@H](F)C[C@@H]4O)c32)c1. The van der Waals surface area contributed by atoms with E-state index in [2.05, 4.69) is 25.3 Å². The Kier molecular flexibility index (Phi) is 5.32. The van der Waals surface area contributed by atoms with E-state index >= 15 is 0 Å². The van der Waals surface area contributed by atoms with Gasteiger partial charge in [-0.3, -0.25) is 14.8 Å². The van der Waals surface area contributed by atoms with Gasteiger partial charge < -0.3 is 15.3 Å². The van der Waals surface area contributed by atoms with Gasteiger partial charge in [-0.15, -0.1) is 0 Å². The molecule has 2 aromatic rings. The molecule has 2 fully saturated rings. The first-order valence-electron chi connectivity index (χ1n) is 10.7. The Morgan fingerprint density at radius 3 is 2.78 bits per heavy atom. The van der Waals surface area contributed by atoms with Gasteiger partial charge in [0.1, 0.15) is 30.2 Å². The van der Waals surface area contributed by atoms with Crippen LogP contribution in [0.15, 0.2) is 29.8 Å². The molecule has 0 aromatic carbocycles. The Labute approximate surface area is 183 Å². The Morgan fingerprint density at radius 2 is 2.03 bits per heavy atom. The van der Waals surface area contributed by atoms with Gasteiger partial charge >= 0.3 is 0 Å². The number of nitrogens with zero attached hydrogens (tertiary/aromatic N) is 5. The summed E-state index contributed by atoms with van der Waals surface area (Å²) in [4.78, 5) is 32.1. The number of nitrogens with one attached hydrogen (secondary N) is 1. The number of aliphatic hydroxyl groups is 1. The smallest absolute Gasteiger partial charge is 0.273 e. The second kappa shape index (κ2) is 8.16. The minimum absolute atomic E-state index is 0.0346. The van der Waals surface area contributed by atoms with Gasteiger partial charge in [0.15, 0.2) is 0 Å². The number of likely N-dealkylation sites (tertiary alicyclic amines) is 1.